The molecule has 0 unspecified atom stereocenters. The van der Waals surface area contributed by atoms with Gasteiger partial charge in [-0.2, -0.15) is 0 Å². The summed E-state index contributed by atoms with van der Waals surface area (Å²) in [6.45, 7) is 0. The summed E-state index contributed by atoms with van der Waals surface area (Å²) in [7, 11) is 0. The standard InChI is InChI=1S/C9H9ClOS/c10-9(11)8-7-4-2-1-3-6(7)5-12-8/h5H,1-4H2. The number of fused-ring (bicyclic) bond motifs is 1. The fourth-order valence-electron chi connectivity index (χ4n) is 1.68. The van der Waals surface area contributed by atoms with Gasteiger partial charge in [-0.15, -0.1) is 11.3 Å². The zero-order valence-corrected chi connectivity index (χ0v) is 8.17. The van der Waals surface area contributed by atoms with Crippen LogP contribution in [0.15, 0.2) is 5.38 Å². The quantitative estimate of drug-likeness (QED) is 0.637. The minimum absolute atomic E-state index is 0.289. The van der Waals surface area contributed by atoms with Gasteiger partial charge in [-0.05, 0) is 53.8 Å². The Labute approximate surface area is 80.4 Å². The van der Waals surface area contributed by atoms with Crippen LogP contribution in [0.4, 0.5) is 0 Å². The molecule has 0 radical (unpaired) electrons. The summed E-state index contributed by atoms with van der Waals surface area (Å²) in [5, 5.41) is 1.78. The van der Waals surface area contributed by atoms with Crippen LogP contribution >= 0.6 is 22.9 Å². The molecule has 1 aromatic rings. The number of carbonyl (C=O) groups is 1. The van der Waals surface area contributed by atoms with Crippen LogP contribution in [-0.4, -0.2) is 5.24 Å². The molecule has 0 N–H and O–H groups in total. The van der Waals surface area contributed by atoms with Crippen LogP contribution in [0.1, 0.15) is 33.6 Å². The SMILES string of the molecule is O=C(Cl)c1scc2c1CCCC2. The highest BCUT2D eigenvalue weighted by Crippen LogP contribution is 2.30. The Kier molecular flexibility index (Phi) is 2.20. The van der Waals surface area contributed by atoms with Gasteiger partial charge >= 0.3 is 0 Å². The van der Waals surface area contributed by atoms with E-state index in [2.05, 4.69) is 5.38 Å². The second-order valence-electron chi connectivity index (χ2n) is 3.05. The van der Waals surface area contributed by atoms with Crippen LogP contribution in [0.5, 0.6) is 0 Å². The molecule has 64 valence electrons. The molecule has 0 fully saturated rings. The minimum atomic E-state index is -0.289. The molecule has 0 saturated carbocycles. The van der Waals surface area contributed by atoms with Crippen molar-refractivity contribution in [1.82, 2.24) is 0 Å². The fourth-order valence-corrected chi connectivity index (χ4v) is 2.92. The first kappa shape index (κ1) is 8.27. The van der Waals surface area contributed by atoms with Gasteiger partial charge in [0, 0.05) is 0 Å². The van der Waals surface area contributed by atoms with Crippen molar-refractivity contribution >= 4 is 28.2 Å². The maximum atomic E-state index is 11.0. The number of aryl methyl sites for hydroxylation is 1. The van der Waals surface area contributed by atoms with Gasteiger partial charge in [-0.1, -0.05) is 0 Å². The molecule has 3 heteroatoms. The van der Waals surface area contributed by atoms with Crippen LogP contribution in [0, 0.1) is 0 Å². The summed E-state index contributed by atoms with van der Waals surface area (Å²) in [6.07, 6.45) is 4.60. The Morgan fingerprint density at radius 1 is 1.42 bits per heavy atom. The largest absolute Gasteiger partial charge is 0.275 e. The molecule has 0 bridgehead atoms. The maximum Gasteiger partial charge on any atom is 0.262 e. The van der Waals surface area contributed by atoms with Crippen LogP contribution < -0.4 is 0 Å². The predicted molar refractivity (Wildman–Crippen MR) is 51.1 cm³/mol. The summed E-state index contributed by atoms with van der Waals surface area (Å²) in [4.78, 5) is 11.7. The summed E-state index contributed by atoms with van der Waals surface area (Å²) in [6, 6.07) is 0. The minimum Gasteiger partial charge on any atom is -0.275 e. The van der Waals surface area contributed by atoms with E-state index < -0.39 is 0 Å². The van der Waals surface area contributed by atoms with Gasteiger partial charge in [0.1, 0.15) is 0 Å². The van der Waals surface area contributed by atoms with Crippen molar-refractivity contribution in [3.8, 4) is 0 Å². The van der Waals surface area contributed by atoms with Crippen molar-refractivity contribution in [2.45, 2.75) is 25.7 Å². The number of carbonyl (C=O) groups excluding carboxylic acids is 1. The Hall–Kier alpha value is -0.340. The molecule has 1 nitrogen and oxygen atoms in total. The first-order chi connectivity index (χ1) is 5.79. The molecule has 1 aliphatic rings. The van der Waals surface area contributed by atoms with E-state index in [1.807, 2.05) is 0 Å². The van der Waals surface area contributed by atoms with Crippen molar-refractivity contribution in [2.24, 2.45) is 0 Å². The zero-order chi connectivity index (χ0) is 8.55. The molecular weight excluding hydrogens is 192 g/mol. The summed E-state index contributed by atoms with van der Waals surface area (Å²) >= 11 is 6.94. The van der Waals surface area contributed by atoms with E-state index in [1.165, 1.54) is 35.3 Å². The van der Waals surface area contributed by atoms with Gasteiger partial charge in [0.05, 0.1) is 4.88 Å². The molecule has 0 amide bonds. The van der Waals surface area contributed by atoms with E-state index >= 15 is 0 Å². The highest BCUT2D eigenvalue weighted by Gasteiger charge is 2.18. The van der Waals surface area contributed by atoms with E-state index in [4.69, 9.17) is 11.6 Å². The predicted octanol–water partition coefficient (Wildman–Crippen LogP) is 3.01. The van der Waals surface area contributed by atoms with E-state index in [0.717, 1.165) is 17.7 Å². The smallest absolute Gasteiger partial charge is 0.262 e. The lowest BCUT2D eigenvalue weighted by Crippen LogP contribution is -2.02. The van der Waals surface area contributed by atoms with Crippen LogP contribution in [-0.2, 0) is 12.8 Å². The molecule has 12 heavy (non-hydrogen) atoms. The Morgan fingerprint density at radius 2 is 2.17 bits per heavy atom. The van der Waals surface area contributed by atoms with E-state index in [1.54, 1.807) is 0 Å². The zero-order valence-electron chi connectivity index (χ0n) is 6.60. The maximum absolute atomic E-state index is 11.0. The first-order valence-corrected chi connectivity index (χ1v) is 5.34. The Morgan fingerprint density at radius 3 is 2.92 bits per heavy atom. The molecule has 0 aromatic carbocycles. The Bertz CT molecular complexity index is 316. The van der Waals surface area contributed by atoms with Crippen LogP contribution in [0.3, 0.4) is 0 Å². The third kappa shape index (κ3) is 1.29. The molecule has 1 aliphatic carbocycles. The molecule has 1 aromatic heterocycles. The van der Waals surface area contributed by atoms with Crippen LogP contribution in [0.25, 0.3) is 0 Å². The molecule has 0 spiro atoms. The first-order valence-electron chi connectivity index (χ1n) is 4.08. The van der Waals surface area contributed by atoms with Crippen molar-refractivity contribution < 1.29 is 4.79 Å². The average molecular weight is 201 g/mol. The molecule has 0 saturated heterocycles. The number of rotatable bonds is 1. The highest BCUT2D eigenvalue weighted by atomic mass is 35.5. The second kappa shape index (κ2) is 3.19. The lowest BCUT2D eigenvalue weighted by molar-refractivity contribution is 0.108. The topological polar surface area (TPSA) is 17.1 Å². The van der Waals surface area contributed by atoms with Crippen molar-refractivity contribution in [3.05, 3.63) is 21.4 Å². The van der Waals surface area contributed by atoms with Gasteiger partial charge in [-0.25, -0.2) is 0 Å². The van der Waals surface area contributed by atoms with E-state index in [0.29, 0.717) is 0 Å². The number of hydrogen-bond acceptors (Lipinski definition) is 2. The molecular formula is C9H9ClOS. The fraction of sp³-hybridized carbons (Fsp3) is 0.444. The average Bonchev–Trinajstić information content (AvgIpc) is 2.47. The van der Waals surface area contributed by atoms with E-state index in [-0.39, 0.29) is 5.24 Å². The van der Waals surface area contributed by atoms with Crippen molar-refractivity contribution in [3.63, 3.8) is 0 Å². The van der Waals surface area contributed by atoms with Gasteiger partial charge < -0.3 is 0 Å². The van der Waals surface area contributed by atoms with Gasteiger partial charge in [0.25, 0.3) is 5.24 Å². The number of halogens is 1. The number of thiophene rings is 1. The lowest BCUT2D eigenvalue weighted by atomic mass is 9.94. The monoisotopic (exact) mass is 200 g/mol. The third-order valence-corrected chi connectivity index (χ3v) is 3.65. The van der Waals surface area contributed by atoms with Gasteiger partial charge in [0.2, 0.25) is 0 Å². The van der Waals surface area contributed by atoms with Crippen molar-refractivity contribution in [1.29, 1.82) is 0 Å². The van der Waals surface area contributed by atoms with E-state index in [9.17, 15) is 4.79 Å². The molecule has 1 heterocycles. The molecule has 2 rings (SSSR count). The number of hydrogen-bond donors (Lipinski definition) is 0. The second-order valence-corrected chi connectivity index (χ2v) is 4.27. The third-order valence-electron chi connectivity index (χ3n) is 2.28. The summed E-state index contributed by atoms with van der Waals surface area (Å²) in [5.74, 6) is 0. The summed E-state index contributed by atoms with van der Waals surface area (Å²) in [5.41, 5.74) is 2.56. The molecule has 0 atom stereocenters. The highest BCUT2D eigenvalue weighted by molar-refractivity contribution is 7.14. The molecule has 0 aliphatic heterocycles. The summed E-state index contributed by atoms with van der Waals surface area (Å²) < 4.78 is 0. The van der Waals surface area contributed by atoms with Gasteiger partial charge in [-0.3, -0.25) is 4.79 Å². The lowest BCUT2D eigenvalue weighted by Gasteiger charge is -2.10. The van der Waals surface area contributed by atoms with Crippen LogP contribution in [0.2, 0.25) is 0 Å². The van der Waals surface area contributed by atoms with Crippen molar-refractivity contribution in [2.75, 3.05) is 0 Å². The Balaban J connectivity index is 2.44. The normalized spacial score (nSPS) is 15.8. The van der Waals surface area contributed by atoms with Gasteiger partial charge in [0.15, 0.2) is 0 Å².